The molecule has 14 aliphatic carbocycles. The summed E-state index contributed by atoms with van der Waals surface area (Å²) in [5.74, 6) is 4.68. The van der Waals surface area contributed by atoms with E-state index in [9.17, 15) is 43.2 Å². The van der Waals surface area contributed by atoms with E-state index in [1.807, 2.05) is 43.8 Å². The number of carbonyl (C=O) groups excluding carboxylic acids is 9. The van der Waals surface area contributed by atoms with Crippen LogP contribution in [0.15, 0.2) is 0 Å². The number of nitrogens with zero attached hydrogens (tertiary/aromatic N) is 2. The molecule has 0 aromatic carbocycles. The van der Waals surface area contributed by atoms with Gasteiger partial charge in [0.1, 0.15) is 22.2 Å². The summed E-state index contributed by atoms with van der Waals surface area (Å²) < 4.78 is 0. The van der Waals surface area contributed by atoms with E-state index in [0.717, 1.165) is 29.4 Å². The van der Waals surface area contributed by atoms with E-state index in [0.29, 0.717) is 18.6 Å². The molecule has 5 unspecified atom stereocenters. The summed E-state index contributed by atoms with van der Waals surface area (Å²) in [5, 5.41) is 4.80. The number of amides is 6. The predicted molar refractivity (Wildman–Crippen MR) is 468 cm³/mol. The number of hydrogen-bond donors (Lipinski definition) is 2. The SMILES string of the molecule is C1CC1.C1CC1.C1CC1.C1CC1.C1CC1.C1CC1.C1CC1.C1CC1.C1CC1.C1CC1.C1CC1.C1CC1.C1CC1.C1CC1.CNC(=O)C(Br)CSC.CNC(=O)CSC.CSC1CC(=O)N(C)C1=O.CSC1CC(=O)N(C)C1=O.CSCC(Br)C(C)=O.CSCC(Br)C(C)=O.CSCCC(C)=O. The minimum atomic E-state index is -0.127. The van der Waals surface area contributed by atoms with E-state index in [2.05, 4.69) is 58.4 Å². The number of nitrogens with one attached hydrogen (secondary N) is 2. The summed E-state index contributed by atoms with van der Waals surface area (Å²) in [6, 6.07) is 0. The van der Waals surface area contributed by atoms with Gasteiger partial charge in [-0.25, -0.2) is 0 Å². The van der Waals surface area contributed by atoms with Gasteiger partial charge in [0.15, 0.2) is 0 Å². The summed E-state index contributed by atoms with van der Waals surface area (Å²) in [6.45, 7) is 4.81. The molecule has 16 rings (SSSR count). The molecule has 5 atom stereocenters. The number of alkyl halides is 3. The first kappa shape index (κ1) is 110. The van der Waals surface area contributed by atoms with Crippen LogP contribution in [0.1, 0.15) is 310 Å². The number of hydrogen-bond acceptors (Lipinski definition) is 16. The fourth-order valence-corrected chi connectivity index (χ4v) is 9.51. The van der Waals surface area contributed by atoms with Gasteiger partial charge in [0.25, 0.3) is 0 Å². The highest BCUT2D eigenvalue weighted by atomic mass is 79.9. The lowest BCUT2D eigenvalue weighted by Gasteiger charge is -2.04. The molecule has 2 saturated heterocycles. The Hall–Kier alpha value is 0.120. The van der Waals surface area contributed by atoms with Crippen molar-refractivity contribution < 1.29 is 43.2 Å². The number of thioether (sulfide) groups is 7. The van der Waals surface area contributed by atoms with Gasteiger partial charge >= 0.3 is 0 Å². The molecule has 2 heterocycles. The summed E-state index contributed by atoms with van der Waals surface area (Å²) in [7, 11) is 6.33. The number of carbonyl (C=O) groups is 9. The summed E-state index contributed by atoms with van der Waals surface area (Å²) in [6.07, 6.45) is 78.0. The molecule has 16 fully saturated rings. The molecule has 0 aromatic heterocycles. The van der Waals surface area contributed by atoms with Crippen LogP contribution in [0.2, 0.25) is 0 Å². The number of likely N-dealkylation sites (tertiary alicyclic amines) is 2. The van der Waals surface area contributed by atoms with Crippen molar-refractivity contribution in [3.8, 4) is 0 Å². The second-order valence-electron chi connectivity index (χ2n) is 26.4. The zero-order valence-electron chi connectivity index (χ0n) is 66.3. The Bertz CT molecular complexity index is 1690. The molecular formula is C78H149Br3N4O9S7. The van der Waals surface area contributed by atoms with Crippen LogP contribution in [0.5, 0.6) is 0 Å². The lowest BCUT2D eigenvalue weighted by molar-refractivity contribution is -0.138. The number of rotatable bonds is 16. The number of halogens is 3. The van der Waals surface area contributed by atoms with Crippen molar-refractivity contribution in [2.24, 2.45) is 0 Å². The molecule has 101 heavy (non-hydrogen) atoms. The minimum absolute atomic E-state index is 0.0440. The van der Waals surface area contributed by atoms with Gasteiger partial charge in [0, 0.05) is 64.7 Å². The van der Waals surface area contributed by atoms with E-state index in [-0.39, 0.29) is 77.8 Å². The zero-order valence-corrected chi connectivity index (χ0v) is 76.8. The van der Waals surface area contributed by atoms with E-state index in [4.69, 9.17) is 0 Å². The van der Waals surface area contributed by atoms with Crippen LogP contribution in [0.4, 0.5) is 0 Å². The summed E-state index contributed by atoms with van der Waals surface area (Å²) in [4.78, 5) is 98.4. The molecule has 0 radical (unpaired) electrons. The first-order valence-electron chi connectivity index (χ1n) is 38.5. The maximum atomic E-state index is 11.0. The van der Waals surface area contributed by atoms with Crippen LogP contribution >= 0.6 is 130 Å². The molecular weight excluding hydrogens is 1600 g/mol. The summed E-state index contributed by atoms with van der Waals surface area (Å²) >= 11 is 20.8. The molecule has 0 aromatic rings. The van der Waals surface area contributed by atoms with E-state index >= 15 is 0 Å². The van der Waals surface area contributed by atoms with Crippen LogP contribution in [0.25, 0.3) is 0 Å². The molecule has 0 bridgehead atoms. The Morgan fingerprint density at radius 3 is 0.663 bits per heavy atom. The molecule has 23 heteroatoms. The average molecular weight is 1750 g/mol. The Balaban J connectivity index is -0.000000324. The number of ketones is 3. The molecule has 2 N–H and O–H groups in total. The van der Waals surface area contributed by atoms with Gasteiger partial charge in [-0.15, -0.1) is 0 Å². The Morgan fingerprint density at radius 1 is 0.366 bits per heavy atom. The zero-order chi connectivity index (χ0) is 77.0. The summed E-state index contributed by atoms with van der Waals surface area (Å²) in [5.41, 5.74) is 0. The van der Waals surface area contributed by atoms with Gasteiger partial charge in [0.05, 0.1) is 25.9 Å². The number of Topliss-reactive ketones (excluding diaryl/α,β-unsaturated/α-hetero) is 3. The monoisotopic (exact) mass is 1750 g/mol. The predicted octanol–water partition coefficient (Wildman–Crippen LogP) is 22.3. The molecule has 2 aliphatic heterocycles. The van der Waals surface area contributed by atoms with Crippen LogP contribution in [-0.4, -0.2) is 188 Å². The van der Waals surface area contributed by atoms with Gasteiger partial charge in [-0.05, 0) is 70.3 Å². The fraction of sp³-hybridized carbons (Fsp3) is 0.885. The number of imide groups is 2. The average Bonchev–Trinajstić information content (AvgIpc) is 2.04. The van der Waals surface area contributed by atoms with E-state index in [1.54, 1.807) is 81.9 Å². The van der Waals surface area contributed by atoms with Gasteiger partial charge < -0.3 is 10.6 Å². The van der Waals surface area contributed by atoms with Crippen molar-refractivity contribution in [2.45, 2.75) is 335 Å². The molecule has 13 nitrogen and oxygen atoms in total. The van der Waals surface area contributed by atoms with Crippen LogP contribution < -0.4 is 10.6 Å². The van der Waals surface area contributed by atoms with Crippen molar-refractivity contribution in [1.29, 1.82) is 0 Å². The molecule has 6 amide bonds. The largest absolute Gasteiger partial charge is 0.358 e. The van der Waals surface area contributed by atoms with Crippen LogP contribution in [0.3, 0.4) is 0 Å². The van der Waals surface area contributed by atoms with Crippen molar-refractivity contribution in [2.75, 3.05) is 101 Å². The third-order valence-corrected chi connectivity index (χ3v) is 20.8. The Labute approximate surface area is 675 Å². The van der Waals surface area contributed by atoms with Crippen molar-refractivity contribution in [3.63, 3.8) is 0 Å². The first-order valence-corrected chi connectivity index (χ1v) is 50.7. The maximum absolute atomic E-state index is 11.0. The van der Waals surface area contributed by atoms with Crippen molar-refractivity contribution >= 4 is 183 Å². The van der Waals surface area contributed by atoms with Gasteiger partial charge in [-0.1, -0.05) is 317 Å². The molecule has 0 spiro atoms. The minimum Gasteiger partial charge on any atom is -0.358 e. The molecule has 598 valence electrons. The fourth-order valence-electron chi connectivity index (χ4n) is 3.17. The normalized spacial score (nSPS) is 19.6. The maximum Gasteiger partial charge on any atom is 0.242 e. The van der Waals surface area contributed by atoms with E-state index < -0.39 is 0 Å². The third-order valence-electron chi connectivity index (χ3n) is 11.8. The lowest BCUT2D eigenvalue weighted by atomic mass is 10.3. The van der Waals surface area contributed by atoms with E-state index in [1.165, 1.54) is 329 Å². The smallest absolute Gasteiger partial charge is 0.242 e. The molecule has 16 aliphatic rings. The second kappa shape index (κ2) is 85.7. The Morgan fingerprint density at radius 2 is 0.584 bits per heavy atom. The van der Waals surface area contributed by atoms with Gasteiger partial charge in [-0.2, -0.15) is 82.3 Å². The third kappa shape index (κ3) is 143. The highest BCUT2D eigenvalue weighted by Crippen LogP contribution is 2.24. The first-order chi connectivity index (χ1) is 48.5. The van der Waals surface area contributed by atoms with Crippen molar-refractivity contribution in [3.05, 3.63) is 0 Å². The molecule has 14 saturated carbocycles. The van der Waals surface area contributed by atoms with Crippen LogP contribution in [0, 0.1) is 0 Å². The second-order valence-corrected chi connectivity index (χ2v) is 36.4. The Kier molecular flexibility index (Phi) is 93.1. The highest BCUT2D eigenvalue weighted by Gasteiger charge is 2.36. The van der Waals surface area contributed by atoms with Crippen molar-refractivity contribution in [1.82, 2.24) is 20.4 Å². The standard InChI is InChI=1S/2C6H9NO2S.C5H10BrNOS.2C5H9BrOS.C5H10OS.C4H9NOS.14C3H6/c2*1-7-5(8)3-4(10-2)6(7)9;1-7-5(8)4(6)3-9-2;2*1-4(7)5(6)3-8-2;1-5(6)3-4-7-2;1-5-4(6)3-7-2;14*1-2-3-1/h2*4H,3H2,1-2H3;4H,3H2,1-2H3,(H,7,8);2*5H,3H2,1-2H3;3-4H2,1-2H3;3H2,1-2H3,(H,5,6);14*1-3H2. The lowest BCUT2D eigenvalue weighted by Crippen LogP contribution is -2.28. The van der Waals surface area contributed by atoms with Gasteiger partial charge in [-0.3, -0.25) is 53.0 Å². The topological polar surface area (TPSA) is 184 Å². The van der Waals surface area contributed by atoms with Crippen LogP contribution in [-0.2, 0) is 43.2 Å². The quantitative estimate of drug-likeness (QED) is 0.110. The highest BCUT2D eigenvalue weighted by molar-refractivity contribution is 9.10. The van der Waals surface area contributed by atoms with Gasteiger partial charge in [0.2, 0.25) is 35.4 Å².